The summed E-state index contributed by atoms with van der Waals surface area (Å²) in [5, 5.41) is 6.88. The van der Waals surface area contributed by atoms with Crippen molar-refractivity contribution in [3.8, 4) is 5.88 Å². The van der Waals surface area contributed by atoms with E-state index in [1.165, 1.54) is 11.8 Å². The van der Waals surface area contributed by atoms with E-state index in [4.69, 9.17) is 4.74 Å². The highest BCUT2D eigenvalue weighted by Crippen LogP contribution is 2.31. The van der Waals surface area contributed by atoms with Gasteiger partial charge in [-0.05, 0) is 30.7 Å². The minimum absolute atomic E-state index is 0.0832. The Hall–Kier alpha value is -2.83. The maximum absolute atomic E-state index is 12.4. The largest absolute Gasteiger partial charge is 0.479 e. The molecule has 23 heavy (non-hydrogen) atoms. The predicted molar refractivity (Wildman–Crippen MR) is 85.9 cm³/mol. The van der Waals surface area contributed by atoms with Crippen molar-refractivity contribution < 1.29 is 14.3 Å². The molecule has 0 saturated carbocycles. The van der Waals surface area contributed by atoms with Gasteiger partial charge in [0.15, 0.2) is 0 Å². The van der Waals surface area contributed by atoms with E-state index in [0.717, 1.165) is 11.3 Å². The van der Waals surface area contributed by atoms with E-state index in [-0.39, 0.29) is 17.7 Å². The van der Waals surface area contributed by atoms with Crippen LogP contribution in [-0.4, -0.2) is 35.2 Å². The number of hydrogen-bond acceptors (Lipinski definition) is 4. The lowest BCUT2D eigenvalue weighted by atomic mass is 10.1. The fourth-order valence-corrected chi connectivity index (χ4v) is 2.78. The number of fused-ring (bicyclic) bond motifs is 1. The highest BCUT2D eigenvalue weighted by Gasteiger charge is 2.26. The summed E-state index contributed by atoms with van der Waals surface area (Å²) in [6, 6.07) is 5.49. The van der Waals surface area contributed by atoms with Crippen LogP contribution in [0.2, 0.25) is 0 Å². The molecule has 0 saturated heterocycles. The summed E-state index contributed by atoms with van der Waals surface area (Å²) >= 11 is 0. The van der Waals surface area contributed by atoms with Crippen LogP contribution in [0.4, 0.5) is 11.4 Å². The molecule has 7 heteroatoms. The first-order valence-electron chi connectivity index (χ1n) is 7.35. The maximum Gasteiger partial charge on any atom is 0.262 e. The smallest absolute Gasteiger partial charge is 0.262 e. The number of aromatic nitrogens is 2. The molecule has 0 fully saturated rings. The molecule has 0 radical (unpaired) electrons. The molecule has 3 rings (SSSR count). The first-order chi connectivity index (χ1) is 11.0. The molecule has 0 bridgehead atoms. The van der Waals surface area contributed by atoms with Gasteiger partial charge in [0.1, 0.15) is 5.56 Å². The molecule has 2 amide bonds. The minimum Gasteiger partial charge on any atom is -0.479 e. The summed E-state index contributed by atoms with van der Waals surface area (Å²) in [5.41, 5.74) is 2.84. The van der Waals surface area contributed by atoms with Gasteiger partial charge >= 0.3 is 0 Å². The molecule has 1 aliphatic heterocycles. The molecular formula is C16H18N4O3. The van der Waals surface area contributed by atoms with E-state index in [0.29, 0.717) is 24.2 Å². The molecule has 1 aromatic carbocycles. The number of aryl methyl sites for hydroxylation is 1. The quantitative estimate of drug-likeness (QED) is 0.930. The van der Waals surface area contributed by atoms with Crippen LogP contribution in [0.1, 0.15) is 22.8 Å². The SMILES string of the molecule is CCN1C(=O)Cc2cc(NC(=O)c3cn(C)nc3OC)ccc21. The Morgan fingerprint density at radius 1 is 1.43 bits per heavy atom. The van der Waals surface area contributed by atoms with Gasteiger partial charge in [0.2, 0.25) is 11.8 Å². The van der Waals surface area contributed by atoms with Crippen molar-refractivity contribution in [2.24, 2.45) is 7.05 Å². The van der Waals surface area contributed by atoms with E-state index >= 15 is 0 Å². The third-order valence-electron chi connectivity index (χ3n) is 3.82. The van der Waals surface area contributed by atoms with Crippen LogP contribution in [0.25, 0.3) is 0 Å². The van der Waals surface area contributed by atoms with Crippen molar-refractivity contribution in [3.05, 3.63) is 35.5 Å². The van der Waals surface area contributed by atoms with Gasteiger partial charge in [-0.25, -0.2) is 0 Å². The number of methoxy groups -OCH3 is 1. The Morgan fingerprint density at radius 3 is 2.91 bits per heavy atom. The van der Waals surface area contributed by atoms with Crippen LogP contribution in [0, 0.1) is 0 Å². The highest BCUT2D eigenvalue weighted by atomic mass is 16.5. The molecule has 2 heterocycles. The third kappa shape index (κ3) is 2.65. The first-order valence-corrected chi connectivity index (χ1v) is 7.35. The number of amides is 2. The zero-order valence-electron chi connectivity index (χ0n) is 13.3. The van der Waals surface area contributed by atoms with Crippen molar-refractivity contribution in [2.45, 2.75) is 13.3 Å². The molecule has 0 aliphatic carbocycles. The number of carbonyl (C=O) groups is 2. The molecule has 1 N–H and O–H groups in total. The number of nitrogens with zero attached hydrogens (tertiary/aromatic N) is 3. The van der Waals surface area contributed by atoms with Gasteiger partial charge in [-0.1, -0.05) is 0 Å². The minimum atomic E-state index is -0.299. The third-order valence-corrected chi connectivity index (χ3v) is 3.82. The molecule has 0 spiro atoms. The summed E-state index contributed by atoms with van der Waals surface area (Å²) in [6.07, 6.45) is 1.97. The average molecular weight is 314 g/mol. The van der Waals surface area contributed by atoms with Crippen molar-refractivity contribution >= 4 is 23.2 Å². The molecule has 1 aliphatic rings. The van der Waals surface area contributed by atoms with Gasteiger partial charge in [-0.15, -0.1) is 5.10 Å². The average Bonchev–Trinajstić information content (AvgIpc) is 3.05. The van der Waals surface area contributed by atoms with Crippen LogP contribution in [-0.2, 0) is 18.3 Å². The second kappa shape index (κ2) is 5.75. The first kappa shape index (κ1) is 15.1. The van der Waals surface area contributed by atoms with Gasteiger partial charge in [0, 0.05) is 31.2 Å². The predicted octanol–water partition coefficient (Wildman–Crippen LogP) is 1.59. The van der Waals surface area contributed by atoms with Crippen LogP contribution < -0.4 is 15.0 Å². The lowest BCUT2D eigenvalue weighted by Crippen LogP contribution is -2.25. The summed E-state index contributed by atoms with van der Waals surface area (Å²) in [6.45, 7) is 2.59. The van der Waals surface area contributed by atoms with Crippen molar-refractivity contribution in [3.63, 3.8) is 0 Å². The monoisotopic (exact) mass is 314 g/mol. The fraction of sp³-hybridized carbons (Fsp3) is 0.312. The number of benzene rings is 1. The molecule has 7 nitrogen and oxygen atoms in total. The number of rotatable bonds is 4. The summed E-state index contributed by atoms with van der Waals surface area (Å²) < 4.78 is 6.62. The van der Waals surface area contributed by atoms with Gasteiger partial charge in [-0.3, -0.25) is 14.3 Å². The summed E-state index contributed by atoms with van der Waals surface area (Å²) in [7, 11) is 3.19. The van der Waals surface area contributed by atoms with Gasteiger partial charge in [0.05, 0.1) is 13.5 Å². The zero-order valence-corrected chi connectivity index (χ0v) is 13.3. The fourth-order valence-electron chi connectivity index (χ4n) is 2.78. The standard InChI is InChI=1S/C16H18N4O3/c1-4-20-13-6-5-11(7-10(13)8-14(20)21)17-15(22)12-9-19(2)18-16(12)23-3/h5-7,9H,4,8H2,1-3H3,(H,17,22). The van der Waals surface area contributed by atoms with Gasteiger partial charge in [0.25, 0.3) is 5.91 Å². The second-order valence-electron chi connectivity index (χ2n) is 5.34. The van der Waals surface area contributed by atoms with Crippen LogP contribution in [0.5, 0.6) is 5.88 Å². The second-order valence-corrected chi connectivity index (χ2v) is 5.34. The van der Waals surface area contributed by atoms with E-state index in [1.807, 2.05) is 19.1 Å². The Balaban J connectivity index is 1.83. The Labute approximate surface area is 133 Å². The highest BCUT2D eigenvalue weighted by molar-refractivity contribution is 6.07. The van der Waals surface area contributed by atoms with Crippen molar-refractivity contribution in [1.82, 2.24) is 9.78 Å². The number of hydrogen-bond donors (Lipinski definition) is 1. The van der Waals surface area contributed by atoms with Gasteiger partial charge in [-0.2, -0.15) is 0 Å². The normalized spacial score (nSPS) is 13.2. The van der Waals surface area contributed by atoms with Crippen LogP contribution in [0.15, 0.2) is 24.4 Å². The Morgan fingerprint density at radius 2 is 2.22 bits per heavy atom. The zero-order chi connectivity index (χ0) is 16.6. The number of carbonyl (C=O) groups excluding carboxylic acids is 2. The maximum atomic E-state index is 12.4. The summed E-state index contributed by atoms with van der Waals surface area (Å²) in [5.74, 6) is 0.0602. The summed E-state index contributed by atoms with van der Waals surface area (Å²) in [4.78, 5) is 26.0. The van der Waals surface area contributed by atoms with Crippen molar-refractivity contribution in [1.29, 1.82) is 0 Å². The van der Waals surface area contributed by atoms with Crippen LogP contribution in [0.3, 0.4) is 0 Å². The lowest BCUT2D eigenvalue weighted by Gasteiger charge is -2.14. The van der Waals surface area contributed by atoms with E-state index in [1.54, 1.807) is 24.2 Å². The molecular weight excluding hydrogens is 296 g/mol. The molecule has 0 unspecified atom stereocenters. The number of ether oxygens (including phenoxy) is 1. The number of likely N-dealkylation sites (N-methyl/N-ethyl adjacent to an activating group) is 1. The van der Waals surface area contributed by atoms with E-state index < -0.39 is 0 Å². The molecule has 0 atom stereocenters. The van der Waals surface area contributed by atoms with E-state index in [2.05, 4.69) is 10.4 Å². The number of anilines is 2. The Kier molecular flexibility index (Phi) is 3.77. The van der Waals surface area contributed by atoms with Gasteiger partial charge < -0.3 is 15.0 Å². The number of nitrogens with one attached hydrogen (secondary N) is 1. The molecule has 2 aromatic rings. The van der Waals surface area contributed by atoms with Crippen molar-refractivity contribution in [2.75, 3.05) is 23.9 Å². The lowest BCUT2D eigenvalue weighted by molar-refractivity contribution is -0.117. The Bertz CT molecular complexity index is 782. The molecule has 1 aromatic heterocycles. The van der Waals surface area contributed by atoms with Crippen LogP contribution >= 0.6 is 0 Å². The molecule has 120 valence electrons. The topological polar surface area (TPSA) is 76.5 Å². The van der Waals surface area contributed by atoms with E-state index in [9.17, 15) is 9.59 Å².